The van der Waals surface area contributed by atoms with Crippen molar-refractivity contribution in [3.05, 3.63) is 40.6 Å². The Morgan fingerprint density at radius 3 is 2.61 bits per heavy atom. The number of pyridine rings is 1. The minimum atomic E-state index is -4.76. The van der Waals surface area contributed by atoms with Crippen molar-refractivity contribution in [2.75, 3.05) is 44.3 Å². The first-order valence-electron chi connectivity index (χ1n) is 11.4. The second-order valence-corrected chi connectivity index (χ2v) is 8.43. The van der Waals surface area contributed by atoms with Gasteiger partial charge < -0.3 is 19.3 Å². The third-order valence-corrected chi connectivity index (χ3v) is 5.85. The minimum Gasteiger partial charge on any atom is -0.404 e. The Hall–Kier alpha value is -3.68. The van der Waals surface area contributed by atoms with E-state index in [9.17, 15) is 22.8 Å². The molecule has 14 heteroatoms. The third-order valence-electron chi connectivity index (χ3n) is 5.85. The molecule has 4 heterocycles. The van der Waals surface area contributed by atoms with E-state index in [4.69, 9.17) is 4.74 Å². The van der Waals surface area contributed by atoms with Crippen LogP contribution in [-0.4, -0.2) is 81.5 Å². The zero-order chi connectivity index (χ0) is 25.9. The van der Waals surface area contributed by atoms with Crippen molar-refractivity contribution in [1.29, 1.82) is 0 Å². The van der Waals surface area contributed by atoms with Crippen molar-refractivity contribution >= 4 is 22.6 Å². The number of amides is 1. The molecule has 1 aliphatic heterocycles. The number of carbonyl (C=O) groups excluding carboxylic acids is 1. The summed E-state index contributed by atoms with van der Waals surface area (Å²) < 4.78 is 48.1. The summed E-state index contributed by atoms with van der Waals surface area (Å²) >= 11 is 0. The molecule has 1 N–H and O–H groups in total. The first-order valence-corrected chi connectivity index (χ1v) is 11.4. The molecule has 1 atom stereocenters. The smallest absolute Gasteiger partial charge is 0.404 e. The average Bonchev–Trinajstić information content (AvgIpc) is 3.19. The maximum atomic E-state index is 12.6. The second-order valence-electron chi connectivity index (χ2n) is 8.43. The number of hydrogen-bond acceptors (Lipinski definition) is 8. The van der Waals surface area contributed by atoms with Gasteiger partial charge in [0, 0.05) is 26.2 Å². The van der Waals surface area contributed by atoms with Crippen molar-refractivity contribution in [2.24, 2.45) is 0 Å². The normalized spacial score (nSPS) is 15.4. The Morgan fingerprint density at radius 1 is 1.19 bits per heavy atom. The lowest BCUT2D eigenvalue weighted by atomic mass is 10.2. The minimum absolute atomic E-state index is 0.0414. The number of ether oxygens (including phenoxy) is 2. The van der Waals surface area contributed by atoms with Crippen LogP contribution in [0.4, 0.5) is 19.0 Å². The maximum Gasteiger partial charge on any atom is 0.573 e. The molecule has 1 unspecified atom stereocenters. The lowest BCUT2D eigenvalue weighted by Crippen LogP contribution is -2.49. The van der Waals surface area contributed by atoms with Gasteiger partial charge >= 0.3 is 6.36 Å². The van der Waals surface area contributed by atoms with Gasteiger partial charge in [-0.05, 0) is 26.0 Å². The van der Waals surface area contributed by atoms with Gasteiger partial charge in [-0.2, -0.15) is 10.2 Å². The summed E-state index contributed by atoms with van der Waals surface area (Å²) in [5.41, 5.74) is 0.937. The fraction of sp³-hybridized carbons (Fsp3) is 0.500. The van der Waals surface area contributed by atoms with Gasteiger partial charge in [0.25, 0.3) is 5.56 Å². The number of halogens is 3. The van der Waals surface area contributed by atoms with Gasteiger partial charge in [0.2, 0.25) is 5.91 Å². The van der Waals surface area contributed by atoms with Crippen molar-refractivity contribution in [3.8, 4) is 5.75 Å². The number of fused-ring (bicyclic) bond motifs is 1. The van der Waals surface area contributed by atoms with Crippen molar-refractivity contribution in [2.45, 2.75) is 32.7 Å². The number of piperazine rings is 1. The Morgan fingerprint density at radius 2 is 1.94 bits per heavy atom. The number of anilines is 1. The summed E-state index contributed by atoms with van der Waals surface area (Å²) in [4.78, 5) is 32.2. The van der Waals surface area contributed by atoms with E-state index < -0.39 is 6.36 Å². The molecule has 36 heavy (non-hydrogen) atoms. The van der Waals surface area contributed by atoms with E-state index in [0.717, 1.165) is 6.20 Å². The van der Waals surface area contributed by atoms with E-state index in [1.807, 2.05) is 11.8 Å². The van der Waals surface area contributed by atoms with Crippen LogP contribution in [0.3, 0.4) is 0 Å². The fourth-order valence-electron chi connectivity index (χ4n) is 4.09. The number of alkyl halides is 3. The highest BCUT2D eigenvalue weighted by Crippen LogP contribution is 2.24. The highest BCUT2D eigenvalue weighted by atomic mass is 19.4. The lowest BCUT2D eigenvalue weighted by molar-refractivity contribution is -0.274. The largest absolute Gasteiger partial charge is 0.573 e. The number of nitrogens with zero attached hydrogens (tertiary/aromatic N) is 6. The molecule has 0 spiro atoms. The van der Waals surface area contributed by atoms with Gasteiger partial charge in [0.1, 0.15) is 11.6 Å². The van der Waals surface area contributed by atoms with Gasteiger partial charge in [-0.15, -0.1) is 13.2 Å². The first kappa shape index (κ1) is 25.4. The Balaban J connectivity index is 1.20. The SMILES string of the molecule is Cc1nn(C(C)COCCC(=O)N2CCN(c3ccc(OC(F)(F)F)cn3)CC2)c2cn[nH]c(=O)c12. The zero-order valence-corrected chi connectivity index (χ0v) is 19.8. The number of hydrogen-bond donors (Lipinski definition) is 1. The molecule has 11 nitrogen and oxygen atoms in total. The van der Waals surface area contributed by atoms with Crippen molar-refractivity contribution in [1.82, 2.24) is 29.9 Å². The van der Waals surface area contributed by atoms with E-state index in [1.54, 1.807) is 22.7 Å². The second kappa shape index (κ2) is 10.5. The summed E-state index contributed by atoms with van der Waals surface area (Å²) in [6, 6.07) is 2.52. The predicted molar refractivity (Wildman–Crippen MR) is 123 cm³/mol. The van der Waals surface area contributed by atoms with Crippen LogP contribution in [-0.2, 0) is 9.53 Å². The third kappa shape index (κ3) is 5.93. The summed E-state index contributed by atoms with van der Waals surface area (Å²) in [5.74, 6) is 0.100. The van der Waals surface area contributed by atoms with Crippen LogP contribution in [0.5, 0.6) is 5.75 Å². The summed E-state index contributed by atoms with van der Waals surface area (Å²) in [6.45, 7) is 6.17. The number of aromatic amines is 1. The van der Waals surface area contributed by atoms with Gasteiger partial charge in [-0.1, -0.05) is 0 Å². The molecule has 3 aromatic rings. The highest BCUT2D eigenvalue weighted by Gasteiger charge is 2.31. The molecule has 3 aromatic heterocycles. The molecule has 0 saturated carbocycles. The van der Waals surface area contributed by atoms with E-state index in [2.05, 4.69) is 25.0 Å². The molecule has 1 saturated heterocycles. The molecule has 1 aliphatic rings. The van der Waals surface area contributed by atoms with E-state index in [-0.39, 0.29) is 36.3 Å². The number of aromatic nitrogens is 5. The van der Waals surface area contributed by atoms with Gasteiger partial charge in [0.15, 0.2) is 0 Å². The van der Waals surface area contributed by atoms with Crippen LogP contribution < -0.4 is 15.2 Å². The van der Waals surface area contributed by atoms with Crippen LogP contribution in [0.1, 0.15) is 25.1 Å². The first-order chi connectivity index (χ1) is 17.1. The summed E-state index contributed by atoms with van der Waals surface area (Å²) in [5, 5.41) is 11.2. The van der Waals surface area contributed by atoms with Crippen molar-refractivity contribution in [3.63, 3.8) is 0 Å². The number of carbonyl (C=O) groups is 1. The number of nitrogens with one attached hydrogen (secondary N) is 1. The number of H-pyrrole nitrogens is 1. The Kier molecular flexibility index (Phi) is 7.43. The van der Waals surface area contributed by atoms with Crippen LogP contribution in [0.15, 0.2) is 29.3 Å². The molecular weight excluding hydrogens is 483 g/mol. The average molecular weight is 509 g/mol. The van der Waals surface area contributed by atoms with Gasteiger partial charge in [-0.3, -0.25) is 14.3 Å². The molecular formula is C22H26F3N7O4. The standard InChI is InChI=1S/C22H26F3N7O4/c1-14(32-17-12-27-28-21(34)20(17)15(2)29-32)13-35-10-5-19(33)31-8-6-30(7-9-31)18-4-3-16(11-26-18)36-22(23,24)25/h3-4,11-12,14H,5-10,13H2,1-2H3,(H,28,34). The Labute approximate surface area is 203 Å². The molecule has 0 aliphatic carbocycles. The number of rotatable bonds is 8. The molecule has 0 aromatic carbocycles. The number of aryl methyl sites for hydroxylation is 1. The van der Waals surface area contributed by atoms with Crippen LogP contribution in [0, 0.1) is 6.92 Å². The van der Waals surface area contributed by atoms with E-state index >= 15 is 0 Å². The van der Waals surface area contributed by atoms with Gasteiger partial charge in [0.05, 0.1) is 54.7 Å². The van der Waals surface area contributed by atoms with Crippen LogP contribution in [0.2, 0.25) is 0 Å². The quantitative estimate of drug-likeness (QED) is 0.459. The topological polar surface area (TPSA) is 118 Å². The maximum absolute atomic E-state index is 12.6. The molecule has 1 amide bonds. The summed E-state index contributed by atoms with van der Waals surface area (Å²) in [6.07, 6.45) is -1.96. The highest BCUT2D eigenvalue weighted by molar-refractivity contribution is 5.79. The fourth-order valence-corrected chi connectivity index (χ4v) is 4.09. The van der Waals surface area contributed by atoms with Crippen molar-refractivity contribution < 1.29 is 27.4 Å². The Bertz CT molecular complexity index is 1250. The van der Waals surface area contributed by atoms with E-state index in [1.165, 1.54) is 12.1 Å². The molecule has 0 bridgehead atoms. The molecule has 0 radical (unpaired) electrons. The zero-order valence-electron chi connectivity index (χ0n) is 19.8. The molecule has 194 valence electrons. The lowest BCUT2D eigenvalue weighted by Gasteiger charge is -2.35. The monoisotopic (exact) mass is 509 g/mol. The van der Waals surface area contributed by atoms with Crippen LogP contribution >= 0.6 is 0 Å². The predicted octanol–water partition coefficient (Wildman–Crippen LogP) is 2.04. The van der Waals surface area contributed by atoms with Gasteiger partial charge in [-0.25, -0.2) is 10.1 Å². The summed E-state index contributed by atoms with van der Waals surface area (Å²) in [7, 11) is 0. The molecule has 4 rings (SSSR count). The van der Waals surface area contributed by atoms with Crippen LogP contribution in [0.25, 0.3) is 10.9 Å². The molecule has 1 fully saturated rings. The van der Waals surface area contributed by atoms with E-state index in [0.29, 0.717) is 55.2 Å².